The van der Waals surface area contributed by atoms with Crippen molar-refractivity contribution < 1.29 is 9.59 Å². The van der Waals surface area contributed by atoms with Crippen LogP contribution in [0.2, 0.25) is 0 Å². The monoisotopic (exact) mass is 390 g/mol. The van der Waals surface area contributed by atoms with E-state index in [0.717, 1.165) is 36.8 Å². The molecule has 1 saturated carbocycles. The number of benzene rings is 2. The minimum atomic E-state index is -0.530. The Labute approximate surface area is 173 Å². The first-order valence-corrected chi connectivity index (χ1v) is 10.6. The van der Waals surface area contributed by atoms with E-state index in [1.807, 2.05) is 37.2 Å². The van der Waals surface area contributed by atoms with Crippen molar-refractivity contribution in [3.63, 3.8) is 0 Å². The second-order valence-electron chi connectivity index (χ2n) is 8.86. The highest BCUT2D eigenvalue weighted by Gasteiger charge is 2.47. The summed E-state index contributed by atoms with van der Waals surface area (Å²) in [6.45, 7) is 1.22. The number of likely N-dealkylation sites (tertiary alicyclic amines) is 1. The Morgan fingerprint density at radius 2 is 1.76 bits per heavy atom. The molecule has 4 heteroatoms. The Kier molecular flexibility index (Phi) is 5.44. The molecule has 2 amide bonds. The molecule has 1 aliphatic carbocycles. The second-order valence-corrected chi connectivity index (χ2v) is 8.86. The van der Waals surface area contributed by atoms with Gasteiger partial charge in [0.2, 0.25) is 11.8 Å². The van der Waals surface area contributed by atoms with Crippen LogP contribution in [0.25, 0.3) is 11.1 Å². The van der Waals surface area contributed by atoms with Gasteiger partial charge in [0.1, 0.15) is 0 Å². The van der Waals surface area contributed by atoms with Gasteiger partial charge in [-0.25, -0.2) is 0 Å². The van der Waals surface area contributed by atoms with E-state index in [4.69, 9.17) is 0 Å². The third kappa shape index (κ3) is 3.93. The zero-order valence-corrected chi connectivity index (χ0v) is 17.4. The molecule has 1 saturated heterocycles. The summed E-state index contributed by atoms with van der Waals surface area (Å²) in [5.41, 5.74) is 2.96. The third-order valence-electron chi connectivity index (χ3n) is 6.56. The number of hydrogen-bond donors (Lipinski definition) is 0. The summed E-state index contributed by atoms with van der Waals surface area (Å²) in [5, 5.41) is 0. The van der Waals surface area contributed by atoms with Gasteiger partial charge in [-0.1, -0.05) is 61.0 Å². The van der Waals surface area contributed by atoms with Crippen molar-refractivity contribution in [1.82, 2.24) is 9.80 Å². The average Bonchev–Trinajstić information content (AvgIpc) is 3.12. The highest BCUT2D eigenvalue weighted by atomic mass is 16.2. The fraction of sp³-hybridized carbons (Fsp3) is 0.440. The fourth-order valence-corrected chi connectivity index (χ4v) is 4.72. The van der Waals surface area contributed by atoms with Crippen molar-refractivity contribution in [3.8, 4) is 11.1 Å². The lowest BCUT2D eigenvalue weighted by Crippen LogP contribution is -2.46. The Bertz CT molecular complexity index is 889. The summed E-state index contributed by atoms with van der Waals surface area (Å²) in [5.74, 6) is 0.566. The highest BCUT2D eigenvalue weighted by molar-refractivity contribution is 5.86. The van der Waals surface area contributed by atoms with Gasteiger partial charge in [0.25, 0.3) is 0 Å². The van der Waals surface area contributed by atoms with Crippen LogP contribution in [-0.4, -0.2) is 48.8 Å². The SMILES string of the molecule is CN(C)C(=O)[C@@]1(Cc2cccc(-c3ccccc3)c2)CCN(C(=O)C2CCC2)C1. The lowest BCUT2D eigenvalue weighted by molar-refractivity contribution is -0.141. The molecule has 29 heavy (non-hydrogen) atoms. The van der Waals surface area contributed by atoms with Crippen LogP contribution in [0.1, 0.15) is 31.2 Å². The molecule has 4 rings (SSSR count). The van der Waals surface area contributed by atoms with E-state index in [-0.39, 0.29) is 17.7 Å². The summed E-state index contributed by atoms with van der Waals surface area (Å²) in [7, 11) is 3.64. The second kappa shape index (κ2) is 8.02. The molecule has 1 aliphatic heterocycles. The molecule has 0 spiro atoms. The predicted molar refractivity (Wildman–Crippen MR) is 115 cm³/mol. The van der Waals surface area contributed by atoms with E-state index in [0.29, 0.717) is 19.5 Å². The van der Waals surface area contributed by atoms with E-state index < -0.39 is 5.41 Å². The van der Waals surface area contributed by atoms with Crippen molar-refractivity contribution in [2.45, 2.75) is 32.1 Å². The third-order valence-corrected chi connectivity index (χ3v) is 6.56. The average molecular weight is 391 g/mol. The lowest BCUT2D eigenvalue weighted by atomic mass is 9.79. The van der Waals surface area contributed by atoms with Crippen molar-refractivity contribution >= 4 is 11.8 Å². The molecule has 2 aromatic rings. The van der Waals surface area contributed by atoms with Crippen molar-refractivity contribution in [3.05, 3.63) is 60.2 Å². The number of carbonyl (C=O) groups excluding carboxylic acids is 2. The van der Waals surface area contributed by atoms with Crippen LogP contribution in [0.15, 0.2) is 54.6 Å². The normalized spacial score (nSPS) is 21.7. The molecule has 1 atom stereocenters. The minimum absolute atomic E-state index is 0.131. The predicted octanol–water partition coefficient (Wildman–Crippen LogP) is 4.00. The number of nitrogens with zero attached hydrogens (tertiary/aromatic N) is 2. The number of hydrogen-bond acceptors (Lipinski definition) is 2. The van der Waals surface area contributed by atoms with Gasteiger partial charge in [-0.2, -0.15) is 0 Å². The fourth-order valence-electron chi connectivity index (χ4n) is 4.72. The van der Waals surface area contributed by atoms with Gasteiger partial charge in [0.05, 0.1) is 5.41 Å². The molecule has 4 nitrogen and oxygen atoms in total. The molecule has 2 aliphatic rings. The molecule has 2 aromatic carbocycles. The first-order chi connectivity index (χ1) is 14.0. The Morgan fingerprint density at radius 3 is 2.41 bits per heavy atom. The largest absolute Gasteiger partial charge is 0.348 e. The van der Waals surface area contributed by atoms with Crippen molar-refractivity contribution in [2.24, 2.45) is 11.3 Å². The van der Waals surface area contributed by atoms with Crippen LogP contribution < -0.4 is 0 Å². The first-order valence-electron chi connectivity index (χ1n) is 10.6. The minimum Gasteiger partial charge on any atom is -0.348 e. The van der Waals surface area contributed by atoms with Crippen LogP contribution in [0.4, 0.5) is 0 Å². The Balaban J connectivity index is 1.59. The van der Waals surface area contributed by atoms with Gasteiger partial charge in [-0.05, 0) is 42.4 Å². The molecular weight excluding hydrogens is 360 g/mol. The molecule has 0 bridgehead atoms. The number of amides is 2. The van der Waals surface area contributed by atoms with E-state index in [1.54, 1.807) is 4.90 Å². The van der Waals surface area contributed by atoms with Gasteiger partial charge in [0.15, 0.2) is 0 Å². The summed E-state index contributed by atoms with van der Waals surface area (Å²) >= 11 is 0. The topological polar surface area (TPSA) is 40.6 Å². The molecule has 1 heterocycles. The van der Waals surface area contributed by atoms with Crippen LogP contribution in [0.3, 0.4) is 0 Å². The van der Waals surface area contributed by atoms with Gasteiger partial charge >= 0.3 is 0 Å². The highest BCUT2D eigenvalue weighted by Crippen LogP contribution is 2.39. The lowest BCUT2D eigenvalue weighted by Gasteiger charge is -2.33. The Hall–Kier alpha value is -2.62. The van der Waals surface area contributed by atoms with Crippen LogP contribution in [0.5, 0.6) is 0 Å². The molecule has 0 radical (unpaired) electrons. The molecule has 0 N–H and O–H groups in total. The van der Waals surface area contributed by atoms with E-state index >= 15 is 0 Å². The maximum Gasteiger partial charge on any atom is 0.230 e. The quantitative estimate of drug-likeness (QED) is 0.774. The molecule has 2 fully saturated rings. The van der Waals surface area contributed by atoms with Crippen molar-refractivity contribution in [1.29, 1.82) is 0 Å². The van der Waals surface area contributed by atoms with Crippen molar-refractivity contribution in [2.75, 3.05) is 27.2 Å². The summed E-state index contributed by atoms with van der Waals surface area (Å²) in [6.07, 6.45) is 4.56. The Morgan fingerprint density at radius 1 is 1.03 bits per heavy atom. The van der Waals surface area contributed by atoms with E-state index in [9.17, 15) is 9.59 Å². The standard InChI is InChI=1S/C25H30N2O2/c1-26(2)24(29)25(14-15-27(18-25)23(28)21-11-7-12-21)17-19-8-6-13-22(16-19)20-9-4-3-5-10-20/h3-6,8-10,13,16,21H,7,11-12,14-15,17-18H2,1-2H3/t25-/m1/s1. The maximum absolute atomic E-state index is 13.2. The van der Waals surface area contributed by atoms with E-state index in [1.165, 1.54) is 5.56 Å². The smallest absolute Gasteiger partial charge is 0.230 e. The molecule has 0 aromatic heterocycles. The molecule has 152 valence electrons. The van der Waals surface area contributed by atoms with E-state index in [2.05, 4.69) is 36.4 Å². The van der Waals surface area contributed by atoms with Crippen LogP contribution >= 0.6 is 0 Å². The van der Waals surface area contributed by atoms with Crippen LogP contribution in [-0.2, 0) is 16.0 Å². The summed E-state index contributed by atoms with van der Waals surface area (Å²) in [6, 6.07) is 18.8. The zero-order valence-electron chi connectivity index (χ0n) is 17.4. The van der Waals surface area contributed by atoms with Gasteiger partial charge in [-0.3, -0.25) is 9.59 Å². The number of rotatable bonds is 5. The zero-order chi connectivity index (χ0) is 20.4. The molecule has 0 unspecified atom stereocenters. The summed E-state index contributed by atoms with van der Waals surface area (Å²) in [4.78, 5) is 29.7. The number of carbonyl (C=O) groups is 2. The molecular formula is C25H30N2O2. The first kappa shape index (κ1) is 19.7. The summed E-state index contributed by atoms with van der Waals surface area (Å²) < 4.78 is 0. The van der Waals surface area contributed by atoms with Crippen LogP contribution in [0, 0.1) is 11.3 Å². The van der Waals surface area contributed by atoms with Gasteiger partial charge < -0.3 is 9.80 Å². The van der Waals surface area contributed by atoms with Gasteiger partial charge in [-0.15, -0.1) is 0 Å². The van der Waals surface area contributed by atoms with Gasteiger partial charge in [0, 0.05) is 33.1 Å². The maximum atomic E-state index is 13.2.